The molecule has 0 aliphatic carbocycles. The van der Waals surface area contributed by atoms with Gasteiger partial charge in [0.2, 0.25) is 6.41 Å². The Morgan fingerprint density at radius 1 is 1.29 bits per heavy atom. The number of nitrogen functional groups attached to an aromatic ring is 1. The zero-order chi connectivity index (χ0) is 16.4. The summed E-state index contributed by atoms with van der Waals surface area (Å²) in [5.74, 6) is 1.00. The van der Waals surface area contributed by atoms with Crippen LogP contribution in [0.4, 0.5) is 5.69 Å². The molecule has 1 amide bonds. The number of anilines is 1. The van der Waals surface area contributed by atoms with Crippen LogP contribution in [0, 0.1) is 5.92 Å². The number of aliphatic hydroxyl groups is 1. The average Bonchev–Trinajstić information content (AvgIpc) is 2.41. The lowest BCUT2D eigenvalue weighted by Gasteiger charge is -2.21. The normalized spacial score (nSPS) is 12.9. The third kappa shape index (κ3) is 9.70. The summed E-state index contributed by atoms with van der Waals surface area (Å²) >= 11 is 0. The Bertz CT molecular complexity index is 394. The van der Waals surface area contributed by atoms with Gasteiger partial charge >= 0.3 is 0 Å². The molecular weight excluding hydrogens is 270 g/mol. The smallest absolute Gasteiger partial charge is 0.209 e. The second-order valence-corrected chi connectivity index (χ2v) is 5.42. The van der Waals surface area contributed by atoms with Gasteiger partial charge in [0.15, 0.2) is 6.23 Å². The molecule has 6 heteroatoms. The second kappa shape index (κ2) is 10.0. The molecule has 0 saturated heterocycles. The van der Waals surface area contributed by atoms with Crippen LogP contribution in [0.2, 0.25) is 0 Å². The molecule has 1 aromatic carbocycles. The van der Waals surface area contributed by atoms with E-state index in [1.165, 1.54) is 4.90 Å². The Morgan fingerprint density at radius 3 is 2.14 bits per heavy atom. The summed E-state index contributed by atoms with van der Waals surface area (Å²) in [6, 6.07) is 6.93. The van der Waals surface area contributed by atoms with Gasteiger partial charge in [0.1, 0.15) is 11.9 Å². The number of amides is 1. The average molecular weight is 297 g/mol. The van der Waals surface area contributed by atoms with Crippen LogP contribution in [0.15, 0.2) is 24.3 Å². The maximum atomic E-state index is 9.73. The fourth-order valence-electron chi connectivity index (χ4n) is 1.40. The van der Waals surface area contributed by atoms with Crippen molar-refractivity contribution >= 4 is 12.1 Å². The van der Waals surface area contributed by atoms with Gasteiger partial charge in [-0.3, -0.25) is 10.5 Å². The molecule has 0 aliphatic heterocycles. The number of hydrogen-bond acceptors (Lipinski definition) is 5. The predicted molar refractivity (Wildman–Crippen MR) is 84.7 cm³/mol. The van der Waals surface area contributed by atoms with Crippen molar-refractivity contribution in [1.82, 2.24) is 4.90 Å². The third-order valence-electron chi connectivity index (χ3n) is 2.46. The van der Waals surface area contributed by atoms with E-state index >= 15 is 0 Å². The van der Waals surface area contributed by atoms with Gasteiger partial charge in [-0.25, -0.2) is 0 Å². The van der Waals surface area contributed by atoms with Gasteiger partial charge in [-0.1, -0.05) is 13.8 Å². The molecule has 0 saturated carbocycles. The molecule has 0 fully saturated rings. The standard InChI is InChI=1S/C12H20N2O2.C3H7NO/c1-8(2)7-11(15)12(14)16-10-5-3-9(13)4-6-10;1-4(2)3-5/h3-6,8,11-12,15H,7,13-14H2,1-2H3;3H,1-2H3. The molecular formula is C15H27N3O3. The molecule has 1 rings (SSSR count). The molecule has 0 aliphatic rings. The summed E-state index contributed by atoms with van der Waals surface area (Å²) < 4.78 is 5.40. The minimum Gasteiger partial charge on any atom is -0.473 e. The van der Waals surface area contributed by atoms with Crippen molar-refractivity contribution in [2.24, 2.45) is 11.7 Å². The quantitative estimate of drug-likeness (QED) is 0.414. The first-order valence-corrected chi connectivity index (χ1v) is 6.83. The predicted octanol–water partition coefficient (Wildman–Crippen LogP) is 1.04. The Morgan fingerprint density at radius 2 is 1.76 bits per heavy atom. The number of aliphatic hydroxyl groups excluding tert-OH is 1. The molecule has 0 radical (unpaired) electrons. The van der Waals surface area contributed by atoms with E-state index in [1.807, 2.05) is 13.8 Å². The van der Waals surface area contributed by atoms with Crippen LogP contribution in [0.5, 0.6) is 5.75 Å². The van der Waals surface area contributed by atoms with E-state index in [2.05, 4.69) is 0 Å². The Labute approximate surface area is 126 Å². The van der Waals surface area contributed by atoms with Crippen LogP contribution in [0.25, 0.3) is 0 Å². The van der Waals surface area contributed by atoms with E-state index in [-0.39, 0.29) is 0 Å². The van der Waals surface area contributed by atoms with Crippen molar-refractivity contribution in [3.05, 3.63) is 24.3 Å². The Balaban J connectivity index is 0.000000690. The van der Waals surface area contributed by atoms with Gasteiger partial charge in [0.05, 0.1) is 0 Å². The number of rotatable bonds is 6. The monoisotopic (exact) mass is 297 g/mol. The lowest BCUT2D eigenvalue weighted by molar-refractivity contribution is -0.115. The largest absolute Gasteiger partial charge is 0.473 e. The highest BCUT2D eigenvalue weighted by atomic mass is 16.5. The van der Waals surface area contributed by atoms with Crippen LogP contribution >= 0.6 is 0 Å². The summed E-state index contributed by atoms with van der Waals surface area (Å²) in [6.07, 6.45) is 0.0134. The van der Waals surface area contributed by atoms with Gasteiger partial charge in [-0.05, 0) is 36.6 Å². The van der Waals surface area contributed by atoms with Gasteiger partial charge in [0.25, 0.3) is 0 Å². The number of carbonyl (C=O) groups is 1. The number of nitrogens with two attached hydrogens (primary N) is 2. The maximum Gasteiger partial charge on any atom is 0.209 e. The molecule has 1 aromatic rings. The van der Waals surface area contributed by atoms with Gasteiger partial charge in [0, 0.05) is 19.8 Å². The van der Waals surface area contributed by atoms with E-state index in [1.54, 1.807) is 38.4 Å². The van der Waals surface area contributed by atoms with Crippen LogP contribution < -0.4 is 16.2 Å². The zero-order valence-electron chi connectivity index (χ0n) is 13.2. The Kier molecular flexibility index (Phi) is 9.16. The van der Waals surface area contributed by atoms with E-state index in [0.717, 1.165) is 6.41 Å². The van der Waals surface area contributed by atoms with Gasteiger partial charge < -0.3 is 20.5 Å². The minimum atomic E-state index is -0.703. The minimum absolute atomic E-state index is 0.385. The van der Waals surface area contributed by atoms with Gasteiger partial charge in [-0.2, -0.15) is 0 Å². The first-order chi connectivity index (χ1) is 9.76. The van der Waals surface area contributed by atoms with Crippen molar-refractivity contribution in [1.29, 1.82) is 0 Å². The van der Waals surface area contributed by atoms with E-state index in [9.17, 15) is 9.90 Å². The summed E-state index contributed by atoms with van der Waals surface area (Å²) in [4.78, 5) is 10.9. The fraction of sp³-hybridized carbons (Fsp3) is 0.533. The lowest BCUT2D eigenvalue weighted by Crippen LogP contribution is -2.40. The molecule has 2 unspecified atom stereocenters. The highest BCUT2D eigenvalue weighted by molar-refractivity contribution is 5.45. The number of hydrogen-bond donors (Lipinski definition) is 3. The first kappa shape index (κ1) is 19.2. The molecule has 2 atom stereocenters. The summed E-state index contributed by atoms with van der Waals surface area (Å²) in [6.45, 7) is 4.05. The second-order valence-electron chi connectivity index (χ2n) is 5.42. The van der Waals surface area contributed by atoms with Crippen LogP contribution in [-0.2, 0) is 4.79 Å². The Hall–Kier alpha value is -1.79. The molecule has 5 N–H and O–H groups in total. The van der Waals surface area contributed by atoms with Crippen LogP contribution in [0.3, 0.4) is 0 Å². The van der Waals surface area contributed by atoms with Crippen molar-refractivity contribution in [2.45, 2.75) is 32.6 Å². The highest BCUT2D eigenvalue weighted by Crippen LogP contribution is 2.16. The number of benzene rings is 1. The number of nitrogens with zero attached hydrogens (tertiary/aromatic N) is 1. The molecule has 21 heavy (non-hydrogen) atoms. The van der Waals surface area contributed by atoms with Crippen molar-refractivity contribution in [3.8, 4) is 5.75 Å². The van der Waals surface area contributed by atoms with E-state index < -0.39 is 12.3 Å². The third-order valence-corrected chi connectivity index (χ3v) is 2.46. The topological polar surface area (TPSA) is 102 Å². The summed E-state index contributed by atoms with van der Waals surface area (Å²) in [5, 5.41) is 9.73. The van der Waals surface area contributed by atoms with Crippen molar-refractivity contribution in [2.75, 3.05) is 19.8 Å². The van der Waals surface area contributed by atoms with Crippen LogP contribution in [-0.4, -0.2) is 42.8 Å². The van der Waals surface area contributed by atoms with E-state index in [4.69, 9.17) is 16.2 Å². The highest BCUT2D eigenvalue weighted by Gasteiger charge is 2.17. The number of carbonyl (C=O) groups excluding carboxylic acids is 1. The maximum absolute atomic E-state index is 9.73. The molecule has 0 heterocycles. The first-order valence-electron chi connectivity index (χ1n) is 6.83. The van der Waals surface area contributed by atoms with Crippen LogP contribution in [0.1, 0.15) is 20.3 Å². The van der Waals surface area contributed by atoms with E-state index in [0.29, 0.717) is 23.8 Å². The zero-order valence-corrected chi connectivity index (χ0v) is 13.2. The van der Waals surface area contributed by atoms with Crippen molar-refractivity contribution in [3.63, 3.8) is 0 Å². The molecule has 120 valence electrons. The molecule has 0 bridgehead atoms. The van der Waals surface area contributed by atoms with Gasteiger partial charge in [-0.15, -0.1) is 0 Å². The lowest BCUT2D eigenvalue weighted by atomic mass is 10.1. The number of ether oxygens (including phenoxy) is 1. The molecule has 0 spiro atoms. The summed E-state index contributed by atoms with van der Waals surface area (Å²) in [5.41, 5.74) is 11.9. The SMILES string of the molecule is CC(C)CC(O)C(N)Oc1ccc(N)cc1.CN(C)C=O. The van der Waals surface area contributed by atoms with Crippen molar-refractivity contribution < 1.29 is 14.6 Å². The molecule has 0 aromatic heterocycles. The fourth-order valence-corrected chi connectivity index (χ4v) is 1.40. The molecule has 6 nitrogen and oxygen atoms in total. The summed E-state index contributed by atoms with van der Waals surface area (Å²) in [7, 11) is 3.38.